The van der Waals surface area contributed by atoms with E-state index < -0.39 is 0 Å². The molecular formula is C14H29N3OS. The molecule has 1 aliphatic rings. The number of amidine groups is 1. The van der Waals surface area contributed by atoms with Crippen LogP contribution in [0.2, 0.25) is 0 Å². The molecule has 1 rings (SSSR count). The Balaban J connectivity index is 2.21. The average Bonchev–Trinajstić information content (AvgIpc) is 2.86. The molecule has 0 atom stereocenters. The fourth-order valence-corrected chi connectivity index (χ4v) is 3.65. The van der Waals surface area contributed by atoms with Crippen LogP contribution in [0.3, 0.4) is 0 Å². The van der Waals surface area contributed by atoms with Crippen LogP contribution in [-0.2, 0) is 0 Å². The number of hydrogen-bond donors (Lipinski definition) is 3. The number of nitrogens with two attached hydrogens (primary N) is 1. The summed E-state index contributed by atoms with van der Waals surface area (Å²) in [6.45, 7) is 6.15. The minimum absolute atomic E-state index is 0.221. The Morgan fingerprint density at radius 3 is 2.58 bits per heavy atom. The van der Waals surface area contributed by atoms with Crippen molar-refractivity contribution < 1.29 is 5.21 Å². The molecule has 5 heteroatoms. The number of hydrogen-bond acceptors (Lipinski definition) is 4. The topological polar surface area (TPSA) is 70.6 Å². The average molecular weight is 287 g/mol. The van der Waals surface area contributed by atoms with Crippen LogP contribution in [0.25, 0.3) is 0 Å². The smallest absolute Gasteiger partial charge is 0.144 e. The van der Waals surface area contributed by atoms with Gasteiger partial charge < -0.3 is 16.3 Å². The Morgan fingerprint density at radius 2 is 2.05 bits per heavy atom. The van der Waals surface area contributed by atoms with E-state index in [0.29, 0.717) is 10.6 Å². The molecule has 0 aromatic heterocycles. The van der Waals surface area contributed by atoms with Crippen LogP contribution in [0.1, 0.15) is 52.4 Å². The molecule has 4 nitrogen and oxygen atoms in total. The van der Waals surface area contributed by atoms with E-state index >= 15 is 0 Å². The number of oxime groups is 1. The van der Waals surface area contributed by atoms with Gasteiger partial charge in [-0.25, -0.2) is 0 Å². The zero-order valence-corrected chi connectivity index (χ0v) is 13.4. The highest BCUT2D eigenvalue weighted by Crippen LogP contribution is 2.39. The maximum Gasteiger partial charge on any atom is 0.144 e. The van der Waals surface area contributed by atoms with E-state index in [-0.39, 0.29) is 5.41 Å². The summed E-state index contributed by atoms with van der Waals surface area (Å²) < 4.78 is 0.473. The van der Waals surface area contributed by atoms with E-state index in [2.05, 4.69) is 16.7 Å². The van der Waals surface area contributed by atoms with Gasteiger partial charge in [0.25, 0.3) is 0 Å². The van der Waals surface area contributed by atoms with Crippen LogP contribution in [0.4, 0.5) is 0 Å². The summed E-state index contributed by atoms with van der Waals surface area (Å²) in [6, 6.07) is 0. The molecule has 0 unspecified atom stereocenters. The largest absolute Gasteiger partial charge is 0.409 e. The first kappa shape index (κ1) is 16.6. The summed E-state index contributed by atoms with van der Waals surface area (Å²) in [6.07, 6.45) is 9.65. The van der Waals surface area contributed by atoms with Gasteiger partial charge in [0.1, 0.15) is 5.84 Å². The van der Waals surface area contributed by atoms with Crippen LogP contribution in [0, 0.1) is 5.41 Å². The second kappa shape index (κ2) is 7.39. The van der Waals surface area contributed by atoms with Crippen molar-refractivity contribution in [1.82, 2.24) is 5.32 Å². The van der Waals surface area contributed by atoms with E-state index in [1.165, 1.54) is 25.7 Å². The van der Waals surface area contributed by atoms with Gasteiger partial charge in [0.2, 0.25) is 0 Å². The summed E-state index contributed by atoms with van der Waals surface area (Å²) in [5.41, 5.74) is 5.46. The van der Waals surface area contributed by atoms with Crippen molar-refractivity contribution in [2.45, 2.75) is 57.1 Å². The molecule has 1 fully saturated rings. The van der Waals surface area contributed by atoms with Crippen LogP contribution >= 0.6 is 11.8 Å². The Bertz CT molecular complexity index is 299. The SMILES string of the molecule is CSC1(CNCCCC(C)(C)C(N)=NO)CCCC1. The summed E-state index contributed by atoms with van der Waals surface area (Å²) in [4.78, 5) is 0. The molecule has 0 saturated heterocycles. The van der Waals surface area contributed by atoms with E-state index in [1.807, 2.05) is 25.6 Å². The molecule has 0 aromatic rings. The summed E-state index contributed by atoms with van der Waals surface area (Å²) >= 11 is 2.02. The van der Waals surface area contributed by atoms with Crippen molar-refractivity contribution >= 4 is 17.6 Å². The molecule has 0 aliphatic heterocycles. The van der Waals surface area contributed by atoms with Crippen LogP contribution in [0.5, 0.6) is 0 Å². The second-order valence-corrected chi connectivity index (χ2v) is 7.52. The predicted octanol–water partition coefficient (Wildman–Crippen LogP) is 2.80. The Kier molecular flexibility index (Phi) is 6.47. The molecule has 0 heterocycles. The monoisotopic (exact) mass is 287 g/mol. The Hall–Kier alpha value is -0.420. The lowest BCUT2D eigenvalue weighted by atomic mass is 9.86. The molecule has 0 amide bonds. The first-order valence-corrected chi connectivity index (χ1v) is 8.42. The molecule has 112 valence electrons. The van der Waals surface area contributed by atoms with Crippen LogP contribution in [0.15, 0.2) is 5.16 Å². The first-order valence-electron chi connectivity index (χ1n) is 7.20. The highest BCUT2D eigenvalue weighted by molar-refractivity contribution is 8.00. The van der Waals surface area contributed by atoms with E-state index in [4.69, 9.17) is 10.9 Å². The summed E-state index contributed by atoms with van der Waals surface area (Å²) in [5, 5.41) is 15.4. The van der Waals surface area contributed by atoms with Gasteiger partial charge in [0.15, 0.2) is 0 Å². The predicted molar refractivity (Wildman–Crippen MR) is 84.0 cm³/mol. The third-order valence-corrected chi connectivity index (χ3v) is 5.77. The summed E-state index contributed by atoms with van der Waals surface area (Å²) in [7, 11) is 0. The van der Waals surface area contributed by atoms with Crippen molar-refractivity contribution in [3.63, 3.8) is 0 Å². The van der Waals surface area contributed by atoms with E-state index in [0.717, 1.165) is 25.9 Å². The maximum absolute atomic E-state index is 8.73. The molecule has 0 bridgehead atoms. The van der Waals surface area contributed by atoms with Gasteiger partial charge in [0, 0.05) is 16.7 Å². The van der Waals surface area contributed by atoms with Gasteiger partial charge in [-0.2, -0.15) is 11.8 Å². The summed E-state index contributed by atoms with van der Waals surface area (Å²) in [5.74, 6) is 0.323. The zero-order chi connectivity index (χ0) is 14.4. The minimum atomic E-state index is -0.221. The third-order valence-electron chi connectivity index (χ3n) is 4.35. The molecule has 19 heavy (non-hydrogen) atoms. The van der Waals surface area contributed by atoms with Crippen molar-refractivity contribution in [2.75, 3.05) is 19.3 Å². The molecule has 1 aliphatic carbocycles. The highest BCUT2D eigenvalue weighted by atomic mass is 32.2. The van der Waals surface area contributed by atoms with Gasteiger partial charge in [-0.1, -0.05) is 31.8 Å². The number of thioether (sulfide) groups is 1. The van der Waals surface area contributed by atoms with Crippen molar-refractivity contribution in [1.29, 1.82) is 0 Å². The third kappa shape index (κ3) is 4.88. The zero-order valence-electron chi connectivity index (χ0n) is 12.5. The van der Waals surface area contributed by atoms with Crippen molar-refractivity contribution in [3.05, 3.63) is 0 Å². The molecular weight excluding hydrogens is 258 g/mol. The second-order valence-electron chi connectivity index (χ2n) is 6.24. The number of nitrogens with one attached hydrogen (secondary N) is 1. The van der Waals surface area contributed by atoms with Gasteiger partial charge in [-0.3, -0.25) is 0 Å². The van der Waals surface area contributed by atoms with Crippen molar-refractivity contribution in [3.8, 4) is 0 Å². The van der Waals surface area contributed by atoms with Gasteiger partial charge in [-0.05, 0) is 38.5 Å². The quantitative estimate of drug-likeness (QED) is 0.211. The van der Waals surface area contributed by atoms with E-state index in [1.54, 1.807) is 0 Å². The number of rotatable bonds is 8. The van der Waals surface area contributed by atoms with Gasteiger partial charge >= 0.3 is 0 Å². The van der Waals surface area contributed by atoms with E-state index in [9.17, 15) is 0 Å². The van der Waals surface area contributed by atoms with Gasteiger partial charge in [0.05, 0.1) is 0 Å². The molecule has 4 N–H and O–H groups in total. The molecule has 0 aromatic carbocycles. The standard InChI is InChI=1S/C14H29N3OS/c1-13(2,12(15)17-18)7-6-10-16-11-14(19-3)8-4-5-9-14/h16,18H,4-11H2,1-3H3,(H2,15,17). The molecule has 1 saturated carbocycles. The molecule has 0 radical (unpaired) electrons. The molecule has 0 spiro atoms. The van der Waals surface area contributed by atoms with Crippen LogP contribution in [-0.4, -0.2) is 35.1 Å². The first-order chi connectivity index (χ1) is 8.96. The minimum Gasteiger partial charge on any atom is -0.409 e. The lowest BCUT2D eigenvalue weighted by Gasteiger charge is -2.27. The Labute approximate surface area is 121 Å². The highest BCUT2D eigenvalue weighted by Gasteiger charge is 2.32. The van der Waals surface area contributed by atoms with Crippen molar-refractivity contribution in [2.24, 2.45) is 16.3 Å². The lowest BCUT2D eigenvalue weighted by molar-refractivity contribution is 0.304. The van der Waals surface area contributed by atoms with Gasteiger partial charge in [-0.15, -0.1) is 0 Å². The Morgan fingerprint density at radius 1 is 1.42 bits per heavy atom. The fourth-order valence-electron chi connectivity index (χ4n) is 2.71. The fraction of sp³-hybridized carbons (Fsp3) is 0.929. The normalized spacial score (nSPS) is 19.8. The lowest BCUT2D eigenvalue weighted by Crippen LogP contribution is -2.36. The van der Waals surface area contributed by atoms with Crippen LogP contribution < -0.4 is 11.1 Å². The maximum atomic E-state index is 8.73. The number of nitrogens with zero attached hydrogens (tertiary/aromatic N) is 1.